The van der Waals surface area contributed by atoms with E-state index in [1.54, 1.807) is 7.11 Å². The van der Waals surface area contributed by atoms with Crippen molar-refractivity contribution in [3.8, 4) is 0 Å². The summed E-state index contributed by atoms with van der Waals surface area (Å²) in [7, 11) is 1.74. The Bertz CT molecular complexity index is 109. The Kier molecular flexibility index (Phi) is 6.35. The summed E-state index contributed by atoms with van der Waals surface area (Å²) in [6.45, 7) is 9.18. The second kappa shape index (κ2) is 6.39. The van der Waals surface area contributed by atoms with E-state index in [0.717, 1.165) is 19.4 Å². The lowest BCUT2D eigenvalue weighted by Crippen LogP contribution is -2.39. The molecule has 2 unspecified atom stereocenters. The molecule has 0 bridgehead atoms. The van der Waals surface area contributed by atoms with E-state index in [0.29, 0.717) is 5.92 Å². The maximum atomic E-state index is 5.65. The molecule has 2 heteroatoms. The van der Waals surface area contributed by atoms with Gasteiger partial charge in [0.15, 0.2) is 5.79 Å². The van der Waals surface area contributed by atoms with Gasteiger partial charge in [0.25, 0.3) is 0 Å². The maximum absolute atomic E-state index is 5.65. The zero-order valence-electron chi connectivity index (χ0n) is 9.72. The van der Waals surface area contributed by atoms with Gasteiger partial charge in [-0.05, 0) is 18.8 Å². The van der Waals surface area contributed by atoms with Gasteiger partial charge in [0.05, 0.1) is 6.61 Å². The highest BCUT2D eigenvalue weighted by molar-refractivity contribution is 4.74. The van der Waals surface area contributed by atoms with Gasteiger partial charge in [0, 0.05) is 13.5 Å². The lowest BCUT2D eigenvalue weighted by atomic mass is 9.96. The zero-order chi connectivity index (χ0) is 10.3. The minimum atomic E-state index is -0.257. The van der Waals surface area contributed by atoms with Gasteiger partial charge in [-0.2, -0.15) is 0 Å². The summed E-state index contributed by atoms with van der Waals surface area (Å²) >= 11 is 0. The van der Waals surface area contributed by atoms with Crippen LogP contribution < -0.4 is 0 Å². The molecule has 0 aromatic carbocycles. The summed E-state index contributed by atoms with van der Waals surface area (Å²) < 4.78 is 11.0. The molecule has 1 saturated heterocycles. The SMILES string of the molecule is CC.CCC1(OC)CCC(C)CO1. The van der Waals surface area contributed by atoms with Crippen molar-refractivity contribution >= 4 is 0 Å². The molecule has 0 aromatic heterocycles. The number of hydrogen-bond acceptors (Lipinski definition) is 2. The predicted molar refractivity (Wildman–Crippen MR) is 55.7 cm³/mol. The smallest absolute Gasteiger partial charge is 0.167 e. The number of ether oxygens (including phenoxy) is 2. The van der Waals surface area contributed by atoms with Gasteiger partial charge >= 0.3 is 0 Å². The molecule has 0 aromatic rings. The molecule has 1 fully saturated rings. The average molecular weight is 188 g/mol. The van der Waals surface area contributed by atoms with Gasteiger partial charge in [0.1, 0.15) is 0 Å². The fraction of sp³-hybridized carbons (Fsp3) is 1.00. The fourth-order valence-electron chi connectivity index (χ4n) is 1.50. The van der Waals surface area contributed by atoms with Crippen molar-refractivity contribution in [2.24, 2.45) is 5.92 Å². The molecule has 2 atom stereocenters. The summed E-state index contributed by atoms with van der Waals surface area (Å²) in [6, 6.07) is 0. The van der Waals surface area contributed by atoms with Crippen LogP contribution in [-0.4, -0.2) is 19.5 Å². The van der Waals surface area contributed by atoms with E-state index in [9.17, 15) is 0 Å². The standard InChI is InChI=1S/C9H18O2.C2H6/c1-4-9(10-3)6-5-8(2)7-11-9;1-2/h8H,4-7H2,1-3H3;1-2H3. The van der Waals surface area contributed by atoms with Crippen LogP contribution in [0, 0.1) is 5.92 Å². The average Bonchev–Trinajstić information content (AvgIpc) is 2.23. The Morgan fingerprint density at radius 3 is 2.38 bits per heavy atom. The van der Waals surface area contributed by atoms with Crippen LogP contribution in [0.15, 0.2) is 0 Å². The first-order valence-corrected chi connectivity index (χ1v) is 5.41. The van der Waals surface area contributed by atoms with Crippen molar-refractivity contribution < 1.29 is 9.47 Å². The third-order valence-electron chi connectivity index (χ3n) is 2.56. The van der Waals surface area contributed by atoms with Crippen LogP contribution in [0.2, 0.25) is 0 Å². The lowest BCUT2D eigenvalue weighted by molar-refractivity contribution is -0.252. The Morgan fingerprint density at radius 1 is 1.46 bits per heavy atom. The first kappa shape index (κ1) is 12.9. The van der Waals surface area contributed by atoms with E-state index in [2.05, 4.69) is 13.8 Å². The summed E-state index contributed by atoms with van der Waals surface area (Å²) in [6.07, 6.45) is 3.22. The maximum Gasteiger partial charge on any atom is 0.167 e. The minimum absolute atomic E-state index is 0.257. The van der Waals surface area contributed by atoms with Crippen LogP contribution in [0.5, 0.6) is 0 Å². The van der Waals surface area contributed by atoms with Crippen molar-refractivity contribution in [2.75, 3.05) is 13.7 Å². The monoisotopic (exact) mass is 188 g/mol. The molecule has 1 aliphatic heterocycles. The molecule has 2 nitrogen and oxygen atoms in total. The molecule has 1 aliphatic rings. The van der Waals surface area contributed by atoms with Crippen molar-refractivity contribution in [3.05, 3.63) is 0 Å². The quantitative estimate of drug-likeness (QED) is 0.662. The van der Waals surface area contributed by atoms with Crippen molar-refractivity contribution in [1.29, 1.82) is 0 Å². The third kappa shape index (κ3) is 3.65. The molecule has 80 valence electrons. The largest absolute Gasteiger partial charge is 0.353 e. The first-order chi connectivity index (χ1) is 6.22. The Hall–Kier alpha value is -0.0800. The molecular formula is C11H24O2. The third-order valence-corrected chi connectivity index (χ3v) is 2.56. The molecule has 1 rings (SSSR count). The second-order valence-corrected chi connectivity index (χ2v) is 3.42. The van der Waals surface area contributed by atoms with E-state index >= 15 is 0 Å². The summed E-state index contributed by atoms with van der Waals surface area (Å²) in [4.78, 5) is 0. The molecule has 0 aliphatic carbocycles. The van der Waals surface area contributed by atoms with Gasteiger partial charge < -0.3 is 9.47 Å². The number of hydrogen-bond donors (Lipinski definition) is 0. The zero-order valence-corrected chi connectivity index (χ0v) is 9.72. The van der Waals surface area contributed by atoms with Crippen LogP contribution in [0.1, 0.15) is 47.0 Å². The van der Waals surface area contributed by atoms with E-state index < -0.39 is 0 Å². The summed E-state index contributed by atoms with van der Waals surface area (Å²) in [5.41, 5.74) is 0. The van der Waals surface area contributed by atoms with E-state index in [1.165, 1.54) is 6.42 Å². The normalized spacial score (nSPS) is 33.5. The lowest BCUT2D eigenvalue weighted by Gasteiger charge is -2.37. The fourth-order valence-corrected chi connectivity index (χ4v) is 1.50. The van der Waals surface area contributed by atoms with Crippen molar-refractivity contribution in [3.63, 3.8) is 0 Å². The van der Waals surface area contributed by atoms with Gasteiger partial charge in [-0.3, -0.25) is 0 Å². The molecule has 0 amide bonds. The van der Waals surface area contributed by atoms with E-state index in [1.807, 2.05) is 13.8 Å². The first-order valence-electron chi connectivity index (χ1n) is 5.41. The molecule has 0 saturated carbocycles. The molecule has 0 radical (unpaired) electrons. The Labute approximate surface area is 82.6 Å². The highest BCUT2D eigenvalue weighted by Crippen LogP contribution is 2.30. The Morgan fingerprint density at radius 2 is 2.08 bits per heavy atom. The van der Waals surface area contributed by atoms with Crippen LogP contribution in [-0.2, 0) is 9.47 Å². The molecule has 0 N–H and O–H groups in total. The summed E-state index contributed by atoms with van der Waals surface area (Å²) in [5, 5.41) is 0. The van der Waals surface area contributed by atoms with Gasteiger partial charge in [-0.15, -0.1) is 0 Å². The Balaban J connectivity index is 0.000000671. The number of methoxy groups -OCH3 is 1. The summed E-state index contributed by atoms with van der Waals surface area (Å²) in [5.74, 6) is 0.441. The minimum Gasteiger partial charge on any atom is -0.353 e. The van der Waals surface area contributed by atoms with Crippen LogP contribution in [0.4, 0.5) is 0 Å². The van der Waals surface area contributed by atoms with Crippen LogP contribution >= 0.6 is 0 Å². The highest BCUT2D eigenvalue weighted by atomic mass is 16.7. The van der Waals surface area contributed by atoms with Crippen molar-refractivity contribution in [1.82, 2.24) is 0 Å². The number of rotatable bonds is 2. The molecule has 0 spiro atoms. The molecular weight excluding hydrogens is 164 g/mol. The molecule has 13 heavy (non-hydrogen) atoms. The van der Waals surface area contributed by atoms with Crippen molar-refractivity contribution in [2.45, 2.75) is 52.7 Å². The van der Waals surface area contributed by atoms with Crippen LogP contribution in [0.3, 0.4) is 0 Å². The van der Waals surface area contributed by atoms with E-state index in [-0.39, 0.29) is 5.79 Å². The highest BCUT2D eigenvalue weighted by Gasteiger charge is 2.33. The molecule has 1 heterocycles. The second-order valence-electron chi connectivity index (χ2n) is 3.42. The van der Waals surface area contributed by atoms with Crippen LogP contribution in [0.25, 0.3) is 0 Å². The topological polar surface area (TPSA) is 18.5 Å². The predicted octanol–water partition coefficient (Wildman–Crippen LogP) is 3.21. The van der Waals surface area contributed by atoms with Gasteiger partial charge in [-0.1, -0.05) is 27.7 Å². The van der Waals surface area contributed by atoms with Gasteiger partial charge in [0.2, 0.25) is 0 Å². The van der Waals surface area contributed by atoms with E-state index in [4.69, 9.17) is 9.47 Å². The van der Waals surface area contributed by atoms with Gasteiger partial charge in [-0.25, -0.2) is 0 Å².